The molecular formula is C15H19N3O2. The van der Waals surface area contributed by atoms with Crippen LogP contribution in [-0.2, 0) is 11.3 Å². The van der Waals surface area contributed by atoms with Crippen LogP contribution in [0.2, 0.25) is 0 Å². The largest absolute Gasteiger partial charge is 0.493 e. The molecule has 0 saturated carbocycles. The zero-order chi connectivity index (χ0) is 14.4. The number of aromatic amines is 1. The van der Waals surface area contributed by atoms with Gasteiger partial charge in [0.2, 0.25) is 5.91 Å². The molecule has 20 heavy (non-hydrogen) atoms. The van der Waals surface area contributed by atoms with E-state index >= 15 is 0 Å². The van der Waals surface area contributed by atoms with Gasteiger partial charge in [0.05, 0.1) is 25.3 Å². The highest BCUT2D eigenvalue weighted by Gasteiger charge is 2.03. The molecule has 0 bridgehead atoms. The van der Waals surface area contributed by atoms with Crippen molar-refractivity contribution in [3.05, 3.63) is 47.3 Å². The summed E-state index contributed by atoms with van der Waals surface area (Å²) in [5.74, 6) is 0.771. The molecule has 0 radical (unpaired) electrons. The predicted octanol–water partition coefficient (Wildman–Crippen LogP) is 2.11. The molecule has 1 aromatic heterocycles. The minimum atomic E-state index is -0.0380. The van der Waals surface area contributed by atoms with Crippen LogP contribution in [0.25, 0.3) is 0 Å². The lowest BCUT2D eigenvalue weighted by atomic mass is 10.1. The third kappa shape index (κ3) is 4.42. The highest BCUT2D eigenvalue weighted by molar-refractivity contribution is 5.75. The molecule has 5 heteroatoms. The van der Waals surface area contributed by atoms with Gasteiger partial charge >= 0.3 is 0 Å². The monoisotopic (exact) mass is 273 g/mol. The first kappa shape index (κ1) is 14.1. The molecule has 0 unspecified atom stereocenters. The standard InChI is InChI=1S/C15H19N3O2/c1-11-7-12(2)9-14(8-11)20-6-4-15(19)16-10-13-3-5-17-18-13/h3,5,7-9H,4,6,10H2,1-2H3,(H,16,19)(H,17,18). The maximum absolute atomic E-state index is 11.6. The quantitative estimate of drug-likeness (QED) is 0.847. The van der Waals surface area contributed by atoms with Gasteiger partial charge in [0, 0.05) is 6.20 Å². The summed E-state index contributed by atoms with van der Waals surface area (Å²) in [5.41, 5.74) is 3.20. The van der Waals surface area contributed by atoms with Crippen molar-refractivity contribution in [3.63, 3.8) is 0 Å². The number of hydrogen-bond acceptors (Lipinski definition) is 3. The molecule has 0 aliphatic carbocycles. The van der Waals surface area contributed by atoms with Crippen LogP contribution in [0.5, 0.6) is 5.75 Å². The SMILES string of the molecule is Cc1cc(C)cc(OCCC(=O)NCc2ccn[nH]2)c1. The summed E-state index contributed by atoms with van der Waals surface area (Å²) in [6, 6.07) is 7.85. The van der Waals surface area contributed by atoms with Gasteiger partial charge in [0.25, 0.3) is 0 Å². The van der Waals surface area contributed by atoms with E-state index in [1.165, 1.54) is 0 Å². The zero-order valence-corrected chi connectivity index (χ0v) is 11.8. The molecule has 0 aliphatic rings. The number of nitrogens with zero attached hydrogens (tertiary/aromatic N) is 1. The average Bonchev–Trinajstić information content (AvgIpc) is 2.88. The molecule has 2 N–H and O–H groups in total. The Kier molecular flexibility index (Phi) is 4.76. The Morgan fingerprint density at radius 2 is 2.05 bits per heavy atom. The fourth-order valence-corrected chi connectivity index (χ4v) is 1.94. The molecule has 0 saturated heterocycles. The second-order valence-electron chi connectivity index (χ2n) is 4.78. The number of ether oxygens (including phenoxy) is 1. The normalized spacial score (nSPS) is 10.3. The molecule has 0 fully saturated rings. The van der Waals surface area contributed by atoms with Crippen LogP contribution in [0.15, 0.2) is 30.5 Å². The van der Waals surface area contributed by atoms with Crippen molar-refractivity contribution in [2.75, 3.05) is 6.61 Å². The van der Waals surface area contributed by atoms with Gasteiger partial charge in [-0.25, -0.2) is 0 Å². The van der Waals surface area contributed by atoms with Gasteiger partial charge in [-0.3, -0.25) is 9.89 Å². The zero-order valence-electron chi connectivity index (χ0n) is 11.8. The fourth-order valence-electron chi connectivity index (χ4n) is 1.94. The van der Waals surface area contributed by atoms with Gasteiger partial charge in [0.15, 0.2) is 0 Å². The Hall–Kier alpha value is -2.30. The van der Waals surface area contributed by atoms with Gasteiger partial charge in [-0.05, 0) is 43.2 Å². The first-order valence-corrected chi connectivity index (χ1v) is 6.59. The van der Waals surface area contributed by atoms with Crippen molar-refractivity contribution in [1.29, 1.82) is 0 Å². The van der Waals surface area contributed by atoms with Crippen LogP contribution in [0.4, 0.5) is 0 Å². The Morgan fingerprint density at radius 3 is 2.70 bits per heavy atom. The van der Waals surface area contributed by atoms with Gasteiger partial charge in [-0.1, -0.05) is 6.07 Å². The van der Waals surface area contributed by atoms with Crippen molar-refractivity contribution in [2.45, 2.75) is 26.8 Å². The van der Waals surface area contributed by atoms with E-state index in [0.29, 0.717) is 19.6 Å². The second-order valence-corrected chi connectivity index (χ2v) is 4.78. The molecule has 1 heterocycles. The maximum atomic E-state index is 11.6. The minimum Gasteiger partial charge on any atom is -0.493 e. The molecule has 2 rings (SSSR count). The van der Waals surface area contributed by atoms with E-state index in [4.69, 9.17) is 4.74 Å². The molecule has 0 spiro atoms. The lowest BCUT2D eigenvalue weighted by Gasteiger charge is -2.08. The third-order valence-corrected chi connectivity index (χ3v) is 2.83. The number of nitrogens with one attached hydrogen (secondary N) is 2. The smallest absolute Gasteiger partial charge is 0.223 e. The van der Waals surface area contributed by atoms with Gasteiger partial charge in [-0.15, -0.1) is 0 Å². The van der Waals surface area contributed by atoms with E-state index in [-0.39, 0.29) is 5.91 Å². The van der Waals surface area contributed by atoms with Gasteiger partial charge in [-0.2, -0.15) is 5.10 Å². The highest BCUT2D eigenvalue weighted by atomic mass is 16.5. The summed E-state index contributed by atoms with van der Waals surface area (Å²) in [5, 5.41) is 9.41. The van der Waals surface area contributed by atoms with Crippen LogP contribution >= 0.6 is 0 Å². The number of aryl methyl sites for hydroxylation is 2. The molecule has 1 aromatic carbocycles. The summed E-state index contributed by atoms with van der Waals surface area (Å²) in [4.78, 5) is 11.6. The molecule has 5 nitrogen and oxygen atoms in total. The maximum Gasteiger partial charge on any atom is 0.223 e. The van der Waals surface area contributed by atoms with Crippen molar-refractivity contribution in [1.82, 2.24) is 15.5 Å². The number of rotatable bonds is 6. The molecular weight excluding hydrogens is 254 g/mol. The van der Waals surface area contributed by atoms with E-state index in [9.17, 15) is 4.79 Å². The summed E-state index contributed by atoms with van der Waals surface area (Å²) >= 11 is 0. The topological polar surface area (TPSA) is 67.0 Å². The van der Waals surface area contributed by atoms with Gasteiger partial charge in [0.1, 0.15) is 5.75 Å². The highest BCUT2D eigenvalue weighted by Crippen LogP contribution is 2.16. The summed E-state index contributed by atoms with van der Waals surface area (Å²) < 4.78 is 5.59. The molecule has 106 valence electrons. The van der Waals surface area contributed by atoms with E-state index < -0.39 is 0 Å². The third-order valence-electron chi connectivity index (χ3n) is 2.83. The Balaban J connectivity index is 1.71. The Bertz CT molecular complexity index is 544. The fraction of sp³-hybridized carbons (Fsp3) is 0.333. The van der Waals surface area contributed by atoms with E-state index in [2.05, 4.69) is 21.6 Å². The van der Waals surface area contributed by atoms with Crippen molar-refractivity contribution < 1.29 is 9.53 Å². The predicted molar refractivity (Wildman–Crippen MR) is 76.5 cm³/mol. The first-order chi connectivity index (χ1) is 9.63. The van der Waals surface area contributed by atoms with E-state index in [1.807, 2.05) is 32.0 Å². The van der Waals surface area contributed by atoms with Crippen LogP contribution < -0.4 is 10.1 Å². The lowest BCUT2D eigenvalue weighted by Crippen LogP contribution is -2.24. The Labute approximate surface area is 118 Å². The summed E-state index contributed by atoms with van der Waals surface area (Å²) in [6.45, 7) is 4.88. The second kappa shape index (κ2) is 6.75. The van der Waals surface area contributed by atoms with E-state index in [1.54, 1.807) is 6.20 Å². The number of aromatic nitrogens is 2. The lowest BCUT2D eigenvalue weighted by molar-refractivity contribution is -0.121. The van der Waals surface area contributed by atoms with Crippen molar-refractivity contribution >= 4 is 5.91 Å². The summed E-state index contributed by atoms with van der Waals surface area (Å²) in [6.07, 6.45) is 1.99. The number of hydrogen-bond donors (Lipinski definition) is 2. The number of carbonyl (C=O) groups is 1. The number of H-pyrrole nitrogens is 1. The van der Waals surface area contributed by atoms with Crippen LogP contribution in [-0.4, -0.2) is 22.7 Å². The van der Waals surface area contributed by atoms with Crippen molar-refractivity contribution in [2.24, 2.45) is 0 Å². The molecule has 2 aromatic rings. The van der Waals surface area contributed by atoms with Crippen LogP contribution in [0.3, 0.4) is 0 Å². The molecule has 1 amide bonds. The summed E-state index contributed by atoms with van der Waals surface area (Å²) in [7, 11) is 0. The molecule has 0 aliphatic heterocycles. The minimum absolute atomic E-state index is 0.0380. The molecule has 0 atom stereocenters. The Morgan fingerprint density at radius 1 is 1.30 bits per heavy atom. The number of benzene rings is 1. The van der Waals surface area contributed by atoms with Gasteiger partial charge < -0.3 is 10.1 Å². The average molecular weight is 273 g/mol. The van der Waals surface area contributed by atoms with Crippen LogP contribution in [0, 0.1) is 13.8 Å². The van der Waals surface area contributed by atoms with Crippen LogP contribution in [0.1, 0.15) is 23.2 Å². The number of carbonyl (C=O) groups excluding carboxylic acids is 1. The van der Waals surface area contributed by atoms with E-state index in [0.717, 1.165) is 22.6 Å². The van der Waals surface area contributed by atoms with Crippen molar-refractivity contribution in [3.8, 4) is 5.75 Å². The first-order valence-electron chi connectivity index (χ1n) is 6.59. The number of amides is 1.